The number of benzene rings is 4. The number of carbonyl (C=O) groups excluding carboxylic acids is 4. The number of pyridine rings is 2. The van der Waals surface area contributed by atoms with Crippen LogP contribution in [0.15, 0.2) is 97.3 Å². The van der Waals surface area contributed by atoms with Crippen LogP contribution in [-0.2, 0) is 18.5 Å². The van der Waals surface area contributed by atoms with Gasteiger partial charge >= 0.3 is 31.3 Å². The highest BCUT2D eigenvalue weighted by atomic mass is 19.4. The molecule has 0 spiro atoms. The first-order valence-electron chi connectivity index (χ1n) is 23.1. The van der Waals surface area contributed by atoms with Gasteiger partial charge in [-0.15, -0.1) is 26.3 Å². The second kappa shape index (κ2) is 24.2. The van der Waals surface area contributed by atoms with Crippen molar-refractivity contribution in [1.29, 1.82) is 0 Å². The molecule has 0 aliphatic carbocycles. The van der Waals surface area contributed by atoms with Crippen LogP contribution in [0.3, 0.4) is 0 Å². The fourth-order valence-electron chi connectivity index (χ4n) is 5.87. The molecule has 0 unspecified atom stereocenters. The van der Waals surface area contributed by atoms with Crippen LogP contribution in [0.5, 0.6) is 40.2 Å². The quantitative estimate of drug-likeness (QED) is 0.0720. The molecular weight excluding hydrogens is 1100 g/mol. The van der Waals surface area contributed by atoms with Gasteiger partial charge in [-0.3, -0.25) is 19.2 Å². The molecule has 0 fully saturated rings. The third kappa shape index (κ3) is 17.4. The Balaban J connectivity index is 0.000000308. The standard InChI is InChI=1S/C23H14F9N3O5.C15H11F4N3O2.C8H7F3O3/c1-38-16-8-12(40-23(30,31)32)3-5-15(16)39-17-7-10(21(24,25)26)6-13(22(27,28)29)18(17)20(37)35-11-2-4-14(19(33)36)34-9-11;1-7-4-9(15(17,18)19)12(10(16)5-7)14(24)22-8-2-3-11(13(20)23)21-6-8;1-13-7-4-5(2-3-6(7)12)14-8(9,10)11/h2-9H,1H3,(H2,33,36)(H,35,37);2-6H,1H3,(H2,20,23)(H,22,24);2-4,12H,1H3/i1D3;;1D3. The molecule has 4 aromatic carbocycles. The summed E-state index contributed by atoms with van der Waals surface area (Å²) in [6, 6.07) is 8.99. The second-order valence-corrected chi connectivity index (χ2v) is 14.7. The normalized spacial score (nSPS) is 13.1. The first-order valence-corrected chi connectivity index (χ1v) is 20.1. The van der Waals surface area contributed by atoms with E-state index in [1.165, 1.54) is 19.1 Å². The van der Waals surface area contributed by atoms with E-state index in [1.807, 2.05) is 5.32 Å². The summed E-state index contributed by atoms with van der Waals surface area (Å²) in [7, 11) is -6.29. The minimum absolute atomic E-state index is 0.0156. The van der Waals surface area contributed by atoms with Gasteiger partial charge in [-0.25, -0.2) is 14.4 Å². The van der Waals surface area contributed by atoms with Gasteiger partial charge in [0.25, 0.3) is 23.6 Å². The Labute approximate surface area is 433 Å². The molecule has 0 saturated heterocycles. The van der Waals surface area contributed by atoms with E-state index in [4.69, 9.17) is 24.4 Å². The summed E-state index contributed by atoms with van der Waals surface area (Å²) in [4.78, 5) is 54.3. The first-order chi connectivity index (χ1) is 38.2. The van der Waals surface area contributed by atoms with Crippen LogP contribution in [0, 0.1) is 12.7 Å². The topological polar surface area (TPSA) is 237 Å². The number of nitrogens with zero attached hydrogens (tertiary/aromatic N) is 2. The van der Waals surface area contributed by atoms with Crippen molar-refractivity contribution in [2.24, 2.45) is 11.5 Å². The Bertz CT molecular complexity index is 3380. The summed E-state index contributed by atoms with van der Waals surface area (Å²) < 4.78 is 272. The van der Waals surface area contributed by atoms with Crippen LogP contribution >= 0.6 is 0 Å². The molecule has 2 aromatic heterocycles. The van der Waals surface area contributed by atoms with E-state index in [0.717, 1.165) is 42.7 Å². The molecule has 0 radical (unpaired) electrons. The van der Waals surface area contributed by atoms with Crippen LogP contribution in [0.4, 0.5) is 81.6 Å². The maximum atomic E-state index is 14.0. The van der Waals surface area contributed by atoms with Crippen molar-refractivity contribution >= 4 is 35.0 Å². The molecule has 0 aliphatic rings. The fraction of sp³-hybridized carbons (Fsp3) is 0.174. The van der Waals surface area contributed by atoms with E-state index in [2.05, 4.69) is 34.2 Å². The van der Waals surface area contributed by atoms with E-state index >= 15 is 0 Å². The zero-order valence-electron chi connectivity index (χ0n) is 44.0. The Kier molecular flexibility index (Phi) is 16.2. The summed E-state index contributed by atoms with van der Waals surface area (Å²) in [6.07, 6.45) is -24.3. The van der Waals surface area contributed by atoms with Crippen LogP contribution < -0.4 is 45.8 Å². The fourth-order valence-corrected chi connectivity index (χ4v) is 5.87. The van der Waals surface area contributed by atoms with Gasteiger partial charge in [-0.2, -0.15) is 39.5 Å². The summed E-state index contributed by atoms with van der Waals surface area (Å²) in [5, 5.41) is 13.2. The summed E-state index contributed by atoms with van der Waals surface area (Å²) in [5.74, 6) is -12.7. The highest BCUT2D eigenvalue weighted by Crippen LogP contribution is 2.45. The number of nitrogens with one attached hydrogen (secondary N) is 2. The number of aromatic nitrogens is 2. The SMILES string of the molecule is Cc1cc(F)c(C(=O)Nc2ccc(C(N)=O)nc2)c(C(F)(F)F)c1.[2H]C([2H])([2H])Oc1cc(OC(F)(F)F)ccc1O.[2H]C([2H])([2H])Oc1cc(OC(F)(F)F)ccc1Oc1cc(C(F)(F)F)cc(C(F)(F)F)c1C(=O)Nc1ccc(C(N)=O)nc1. The maximum Gasteiger partial charge on any atom is 0.573 e. The number of hydrogen-bond acceptors (Lipinski definition) is 12. The number of anilines is 2. The molecule has 6 rings (SSSR count). The molecule has 4 amide bonds. The number of alkyl halides is 15. The second-order valence-electron chi connectivity index (χ2n) is 14.7. The van der Waals surface area contributed by atoms with E-state index in [-0.39, 0.29) is 34.4 Å². The predicted octanol–water partition coefficient (Wildman–Crippen LogP) is 11.4. The monoisotopic (exact) mass is 1140 g/mol. The molecule has 0 atom stereocenters. The Hall–Kier alpha value is -9.26. The summed E-state index contributed by atoms with van der Waals surface area (Å²) >= 11 is 0. The van der Waals surface area contributed by atoms with Crippen molar-refractivity contribution in [1.82, 2.24) is 9.97 Å². The third-order valence-electron chi connectivity index (χ3n) is 9.03. The largest absolute Gasteiger partial charge is 0.573 e. The van der Waals surface area contributed by atoms with Crippen molar-refractivity contribution in [2.75, 3.05) is 24.7 Å². The highest BCUT2D eigenvalue weighted by Gasteiger charge is 2.43. The van der Waals surface area contributed by atoms with Crippen LogP contribution in [-0.4, -0.2) is 65.5 Å². The van der Waals surface area contributed by atoms with Gasteiger partial charge in [0.15, 0.2) is 23.0 Å². The maximum absolute atomic E-state index is 14.0. The third-order valence-corrected chi connectivity index (χ3v) is 9.03. The highest BCUT2D eigenvalue weighted by molar-refractivity contribution is 6.08. The van der Waals surface area contributed by atoms with Gasteiger partial charge in [0.2, 0.25) is 0 Å². The molecule has 0 bridgehead atoms. The molecule has 2 heterocycles. The van der Waals surface area contributed by atoms with Crippen molar-refractivity contribution in [2.45, 2.75) is 38.2 Å². The number of aromatic hydroxyl groups is 1. The van der Waals surface area contributed by atoms with Crippen molar-refractivity contribution in [3.05, 3.63) is 148 Å². The number of aryl methyl sites for hydroxylation is 1. The molecule has 32 heteroatoms. The zero-order chi connectivity index (χ0) is 63.9. The molecule has 6 aromatic rings. The lowest BCUT2D eigenvalue weighted by molar-refractivity contribution is -0.275. The number of halogens is 16. The average molecular weight is 1140 g/mol. The van der Waals surface area contributed by atoms with Gasteiger partial charge in [0.1, 0.15) is 34.5 Å². The lowest BCUT2D eigenvalue weighted by Gasteiger charge is -2.21. The molecule has 418 valence electrons. The number of primary amides is 2. The first kappa shape index (κ1) is 52.2. The number of methoxy groups -OCH3 is 2. The molecule has 7 N–H and O–H groups in total. The summed E-state index contributed by atoms with van der Waals surface area (Å²) in [5.41, 5.74) is 1.10. The smallest absolute Gasteiger partial charge is 0.504 e. The van der Waals surface area contributed by atoms with Gasteiger partial charge in [-0.05, 0) is 85.3 Å². The van der Waals surface area contributed by atoms with Crippen molar-refractivity contribution < 1.29 is 126 Å². The Morgan fingerprint density at radius 1 is 0.551 bits per heavy atom. The number of phenols is 1. The minimum Gasteiger partial charge on any atom is -0.504 e. The van der Waals surface area contributed by atoms with Gasteiger partial charge in [0.05, 0.1) is 73.9 Å². The van der Waals surface area contributed by atoms with E-state index in [0.29, 0.717) is 30.3 Å². The Morgan fingerprint density at radius 3 is 1.45 bits per heavy atom. The number of rotatable bonds is 12. The summed E-state index contributed by atoms with van der Waals surface area (Å²) in [6.45, 7) is 1.28. The molecule has 0 aliphatic heterocycles. The molecule has 0 saturated carbocycles. The van der Waals surface area contributed by atoms with E-state index < -0.39 is 149 Å². The van der Waals surface area contributed by atoms with Gasteiger partial charge in [-0.1, -0.05) is 0 Å². The van der Waals surface area contributed by atoms with Crippen molar-refractivity contribution in [3.63, 3.8) is 0 Å². The zero-order valence-corrected chi connectivity index (χ0v) is 38.0. The molecule has 78 heavy (non-hydrogen) atoms. The number of amides is 4. The number of nitrogens with two attached hydrogens (primary N) is 2. The Morgan fingerprint density at radius 2 is 1.01 bits per heavy atom. The number of hydrogen-bond donors (Lipinski definition) is 5. The lowest BCUT2D eigenvalue weighted by atomic mass is 10.0. The van der Waals surface area contributed by atoms with Crippen LogP contribution in [0.2, 0.25) is 0 Å². The van der Waals surface area contributed by atoms with Gasteiger partial charge in [0, 0.05) is 12.1 Å². The van der Waals surface area contributed by atoms with Gasteiger partial charge < -0.3 is 50.9 Å². The van der Waals surface area contributed by atoms with E-state index in [1.54, 1.807) is 0 Å². The molecule has 16 nitrogen and oxygen atoms in total. The number of phenolic OH excluding ortho intramolecular Hbond substituents is 1. The van der Waals surface area contributed by atoms with Crippen molar-refractivity contribution in [3.8, 4) is 40.2 Å². The average Bonchev–Trinajstić information content (AvgIpc) is 2.44. The number of carbonyl (C=O) groups is 4. The lowest BCUT2D eigenvalue weighted by Crippen LogP contribution is -2.22. The van der Waals surface area contributed by atoms with E-state index in [9.17, 15) is 94.5 Å². The van der Waals surface area contributed by atoms with Crippen LogP contribution in [0.25, 0.3) is 0 Å². The minimum atomic E-state index is -5.62. The van der Waals surface area contributed by atoms with Crippen LogP contribution in [0.1, 0.15) is 72.2 Å². The molecular formula is C46H32F16N6O10. The predicted molar refractivity (Wildman–Crippen MR) is 235 cm³/mol. The number of ether oxygens (including phenoxy) is 5.